The Morgan fingerprint density at radius 2 is 1.21 bits per heavy atom. The number of benzene rings is 4. The van der Waals surface area contributed by atoms with Gasteiger partial charge in [-0.1, -0.05) is 84.9 Å². The van der Waals surface area contributed by atoms with E-state index in [4.69, 9.17) is 9.47 Å². The Balaban J connectivity index is 0.00000336. The lowest BCUT2D eigenvalue weighted by atomic mass is 10.0. The highest BCUT2D eigenvalue weighted by Gasteiger charge is 2.52. The zero-order chi connectivity index (χ0) is 25.7. The van der Waals surface area contributed by atoms with Crippen molar-refractivity contribution in [2.24, 2.45) is 0 Å². The van der Waals surface area contributed by atoms with Gasteiger partial charge in [0, 0.05) is 6.42 Å². The Morgan fingerprint density at radius 1 is 0.789 bits per heavy atom. The van der Waals surface area contributed by atoms with Gasteiger partial charge in [0.25, 0.3) is 0 Å². The minimum Gasteiger partial charge on any atom is -1.00 e. The van der Waals surface area contributed by atoms with E-state index in [-0.39, 0.29) is 36.5 Å². The molecule has 0 bridgehead atoms. The standard InChI is InChI=1S/C32H33FO3P.HI/c1-24(25-14-6-2-7-15-25)35-29-22-31(34)36-30(32(29)33)23-37(26-16-8-3-9-17-26,27-18-10-4-11-19-27)28-20-12-5-13-21-28;/h2-21,24,29-32,34H,22-23H2,1H3;1H/q+1;/p-1/t24?,29-,30+,31?,32+;/m0./s1. The van der Waals surface area contributed by atoms with E-state index in [1.165, 1.54) is 0 Å². The van der Waals surface area contributed by atoms with E-state index in [2.05, 4.69) is 36.4 Å². The maximum atomic E-state index is 16.3. The predicted molar refractivity (Wildman–Crippen MR) is 150 cm³/mol. The molecule has 1 heterocycles. The summed E-state index contributed by atoms with van der Waals surface area (Å²) < 4.78 is 28.5. The van der Waals surface area contributed by atoms with Crippen LogP contribution in [0.1, 0.15) is 25.0 Å². The summed E-state index contributed by atoms with van der Waals surface area (Å²) in [6.07, 6.45) is -3.85. The van der Waals surface area contributed by atoms with Gasteiger partial charge in [-0.05, 0) is 48.9 Å². The second-order valence-corrected chi connectivity index (χ2v) is 13.1. The summed E-state index contributed by atoms with van der Waals surface area (Å²) in [6.45, 7) is 1.92. The zero-order valence-electron chi connectivity index (χ0n) is 21.3. The van der Waals surface area contributed by atoms with Crippen LogP contribution < -0.4 is 39.9 Å². The highest BCUT2D eigenvalue weighted by Crippen LogP contribution is 2.57. The third-order valence-electron chi connectivity index (χ3n) is 7.17. The molecule has 1 fully saturated rings. The first-order valence-corrected chi connectivity index (χ1v) is 14.8. The molecule has 5 rings (SSSR count). The Labute approximate surface area is 242 Å². The molecule has 0 aliphatic carbocycles. The van der Waals surface area contributed by atoms with Gasteiger partial charge in [-0.15, -0.1) is 0 Å². The van der Waals surface area contributed by atoms with Crippen LogP contribution >= 0.6 is 7.26 Å². The average molecular weight is 642 g/mol. The van der Waals surface area contributed by atoms with Gasteiger partial charge < -0.3 is 38.6 Å². The van der Waals surface area contributed by atoms with Crippen molar-refractivity contribution in [2.45, 2.75) is 44.1 Å². The molecule has 0 amide bonds. The van der Waals surface area contributed by atoms with Crippen molar-refractivity contribution in [3.05, 3.63) is 127 Å². The molecule has 0 radical (unpaired) electrons. The molecule has 4 aromatic rings. The Hall–Kier alpha value is -2.15. The molecule has 6 heteroatoms. The normalized spacial score (nSPS) is 22.3. The van der Waals surface area contributed by atoms with Crippen molar-refractivity contribution in [3.63, 3.8) is 0 Å². The molecule has 1 aliphatic heterocycles. The van der Waals surface area contributed by atoms with Crippen LogP contribution in [0.4, 0.5) is 4.39 Å². The maximum absolute atomic E-state index is 16.3. The van der Waals surface area contributed by atoms with Crippen LogP contribution in [0.15, 0.2) is 121 Å². The molecule has 1 aliphatic rings. The molecule has 2 unspecified atom stereocenters. The van der Waals surface area contributed by atoms with Crippen molar-refractivity contribution < 1.29 is 42.9 Å². The molecule has 38 heavy (non-hydrogen) atoms. The van der Waals surface area contributed by atoms with Crippen molar-refractivity contribution in [1.82, 2.24) is 0 Å². The molecule has 5 atom stereocenters. The van der Waals surface area contributed by atoms with Gasteiger partial charge in [0.15, 0.2) is 12.5 Å². The Bertz CT molecular complexity index is 1150. The second kappa shape index (κ2) is 13.3. The first-order valence-electron chi connectivity index (χ1n) is 12.8. The van der Waals surface area contributed by atoms with Gasteiger partial charge in [-0.2, -0.15) is 0 Å². The van der Waals surface area contributed by atoms with Gasteiger partial charge in [0.2, 0.25) is 0 Å². The number of ether oxygens (including phenoxy) is 2. The van der Waals surface area contributed by atoms with E-state index in [0.717, 1.165) is 21.5 Å². The lowest BCUT2D eigenvalue weighted by Gasteiger charge is -2.39. The minimum atomic E-state index is -2.34. The van der Waals surface area contributed by atoms with Gasteiger partial charge in [-0.3, -0.25) is 0 Å². The van der Waals surface area contributed by atoms with Crippen LogP contribution in [0, 0.1) is 0 Å². The molecule has 3 nitrogen and oxygen atoms in total. The fraction of sp³-hybridized carbons (Fsp3) is 0.250. The van der Waals surface area contributed by atoms with Gasteiger partial charge in [0.05, 0.1) is 12.2 Å². The van der Waals surface area contributed by atoms with Gasteiger partial charge in [-0.25, -0.2) is 4.39 Å². The number of alkyl halides is 1. The number of halogens is 2. The molecule has 198 valence electrons. The Kier molecular flexibility index (Phi) is 10.1. The van der Waals surface area contributed by atoms with Crippen molar-refractivity contribution in [3.8, 4) is 0 Å². The number of aliphatic hydroxyl groups excluding tert-OH is 1. The summed E-state index contributed by atoms with van der Waals surface area (Å²) in [5.41, 5.74) is 0.979. The first kappa shape index (κ1) is 28.8. The van der Waals surface area contributed by atoms with Gasteiger partial charge >= 0.3 is 0 Å². The van der Waals surface area contributed by atoms with E-state index in [9.17, 15) is 5.11 Å². The van der Waals surface area contributed by atoms with Crippen molar-refractivity contribution >= 4 is 23.2 Å². The van der Waals surface area contributed by atoms with E-state index < -0.39 is 31.9 Å². The fourth-order valence-electron chi connectivity index (χ4n) is 5.32. The summed E-state index contributed by atoms with van der Waals surface area (Å²) in [7, 11) is -2.34. The lowest BCUT2D eigenvalue weighted by molar-refractivity contribution is -0.227. The van der Waals surface area contributed by atoms with E-state index in [1.54, 1.807) is 0 Å². The predicted octanol–water partition coefficient (Wildman–Crippen LogP) is 2.58. The van der Waals surface area contributed by atoms with Crippen LogP contribution in [0.3, 0.4) is 0 Å². The van der Waals surface area contributed by atoms with E-state index in [0.29, 0.717) is 6.16 Å². The van der Waals surface area contributed by atoms with E-state index >= 15 is 4.39 Å². The quantitative estimate of drug-likeness (QED) is 0.238. The summed E-state index contributed by atoms with van der Waals surface area (Å²) in [5, 5.41) is 14.2. The number of hydrogen-bond acceptors (Lipinski definition) is 3. The summed E-state index contributed by atoms with van der Waals surface area (Å²) in [5.74, 6) is 0. The molecule has 4 aromatic carbocycles. The van der Waals surface area contributed by atoms with Crippen LogP contribution in [-0.4, -0.2) is 35.9 Å². The smallest absolute Gasteiger partial charge is 0.157 e. The third-order valence-corrected chi connectivity index (χ3v) is 11.6. The maximum Gasteiger partial charge on any atom is 0.157 e. The SMILES string of the molecule is CC(O[C@H]1CC(O)O[C@H](C[P+](c2ccccc2)(c2ccccc2)c2ccccc2)[C@@H]1F)c1ccccc1.[I-]. The largest absolute Gasteiger partial charge is 1.00 e. The average Bonchev–Trinajstić information content (AvgIpc) is 2.96. The second-order valence-electron chi connectivity index (χ2n) is 9.54. The molecule has 0 spiro atoms. The molecular formula is C32H33FIO3P. The molecule has 0 aromatic heterocycles. The monoisotopic (exact) mass is 642 g/mol. The fourth-order valence-corrected chi connectivity index (χ4v) is 9.72. The lowest BCUT2D eigenvalue weighted by Crippen LogP contribution is -3.00. The third kappa shape index (κ3) is 6.19. The summed E-state index contributed by atoms with van der Waals surface area (Å²) >= 11 is 0. The number of rotatable bonds is 8. The van der Waals surface area contributed by atoms with Gasteiger partial charge in [0.1, 0.15) is 35.4 Å². The Morgan fingerprint density at radius 3 is 1.66 bits per heavy atom. The van der Waals surface area contributed by atoms with Crippen LogP contribution in [0.2, 0.25) is 0 Å². The minimum absolute atomic E-state index is 0. The van der Waals surface area contributed by atoms with Crippen LogP contribution in [-0.2, 0) is 9.47 Å². The summed E-state index contributed by atoms with van der Waals surface area (Å²) in [6, 6.07) is 40.8. The molecule has 1 N–H and O–H groups in total. The summed E-state index contributed by atoms with van der Waals surface area (Å²) in [4.78, 5) is 0. The van der Waals surface area contributed by atoms with Crippen molar-refractivity contribution in [1.29, 1.82) is 0 Å². The molecule has 0 saturated carbocycles. The number of hydrogen-bond donors (Lipinski definition) is 1. The van der Waals surface area contributed by atoms with Crippen molar-refractivity contribution in [2.75, 3.05) is 6.16 Å². The topological polar surface area (TPSA) is 38.7 Å². The zero-order valence-corrected chi connectivity index (χ0v) is 24.4. The first-order chi connectivity index (χ1) is 18.1. The number of aliphatic hydroxyl groups is 1. The van der Waals surface area contributed by atoms with Crippen LogP contribution in [0.5, 0.6) is 0 Å². The van der Waals surface area contributed by atoms with Crippen LogP contribution in [0.25, 0.3) is 0 Å². The molecular weight excluding hydrogens is 609 g/mol. The molecule has 1 saturated heterocycles. The highest BCUT2D eigenvalue weighted by atomic mass is 127. The van der Waals surface area contributed by atoms with E-state index in [1.807, 2.05) is 91.9 Å². The highest BCUT2D eigenvalue weighted by molar-refractivity contribution is 7.95.